The molecule has 0 heterocycles. The molecule has 0 amide bonds. The number of phenols is 2. The first-order chi connectivity index (χ1) is 9.91. The first-order valence-corrected chi connectivity index (χ1v) is 4.61. The van der Waals surface area contributed by atoms with Gasteiger partial charge in [-0.2, -0.15) is 0 Å². The lowest BCUT2D eigenvalue weighted by molar-refractivity contribution is -0.147. The van der Waals surface area contributed by atoms with Crippen LogP contribution in [0.5, 0.6) is 11.5 Å². The van der Waals surface area contributed by atoms with Gasteiger partial charge < -0.3 is 25.8 Å². The van der Waals surface area contributed by atoms with Crippen LogP contribution in [0.2, 0.25) is 0 Å². The number of aromatic hydroxyl groups is 2. The van der Waals surface area contributed by atoms with Gasteiger partial charge in [0.1, 0.15) is 12.1 Å². The van der Waals surface area contributed by atoms with E-state index in [9.17, 15) is 20.1 Å². The number of carbonyl (C=O) groups excluding carboxylic acids is 1. The highest BCUT2D eigenvalue weighted by atomic mass is 16.5. The maximum absolute atomic E-state index is 11.6. The molecule has 0 saturated heterocycles. The van der Waals surface area contributed by atoms with Crippen LogP contribution in [-0.4, -0.2) is 33.9 Å². The average molecular weight is 246 g/mol. The molecule has 0 aliphatic carbocycles. The lowest BCUT2D eigenvalue weighted by Crippen LogP contribution is -2.38. The molecule has 6 heteroatoms. The van der Waals surface area contributed by atoms with E-state index in [0.717, 1.165) is 0 Å². The largest absolute Gasteiger partial charge is 0.504 e. The average Bonchev–Trinajstić information content (AvgIpc) is 2.43. The van der Waals surface area contributed by atoms with Crippen molar-refractivity contribution >= 4 is 5.97 Å². The molecule has 0 fully saturated rings. The van der Waals surface area contributed by atoms with Gasteiger partial charge in [0.2, 0.25) is 0 Å². The molecule has 0 bridgehead atoms. The Balaban J connectivity index is 3.63. The van der Waals surface area contributed by atoms with Crippen LogP contribution in [0.15, 0.2) is 18.1 Å². The predicted octanol–water partition coefficient (Wildman–Crippen LogP) is 0.0216. The number of hydrogen-bond acceptors (Lipinski definition) is 6. The van der Waals surface area contributed by atoms with E-state index in [2.05, 4.69) is 4.74 Å². The van der Waals surface area contributed by atoms with Crippen molar-refractivity contribution in [2.45, 2.75) is 19.0 Å². The van der Waals surface area contributed by atoms with Gasteiger partial charge in [-0.3, -0.25) is 4.79 Å². The minimum absolute atomic E-state index is 0.196. The first kappa shape index (κ1) is 7.52. The molecule has 0 unspecified atom stereocenters. The summed E-state index contributed by atoms with van der Waals surface area (Å²) in [6.07, 6.45) is -3.38. The van der Waals surface area contributed by atoms with Crippen LogP contribution in [0.4, 0.5) is 0 Å². The van der Waals surface area contributed by atoms with E-state index in [0.29, 0.717) is 0 Å². The number of carbonyl (C=O) groups is 1. The molecule has 6 nitrogen and oxygen atoms in total. The summed E-state index contributed by atoms with van der Waals surface area (Å²) in [7, 11) is 0. The Morgan fingerprint density at radius 1 is 1.59 bits per heavy atom. The summed E-state index contributed by atoms with van der Waals surface area (Å²) in [4.78, 5) is 11.6. The van der Waals surface area contributed by atoms with Crippen LogP contribution in [0.1, 0.15) is 25.4 Å². The van der Waals surface area contributed by atoms with Crippen LogP contribution >= 0.6 is 0 Å². The maximum Gasteiger partial charge on any atom is 0.325 e. The third-order valence-electron chi connectivity index (χ3n) is 1.76. The lowest BCUT2D eigenvalue weighted by Gasteiger charge is -2.17. The summed E-state index contributed by atoms with van der Waals surface area (Å²) in [6, 6.07) is -6.25. The fourth-order valence-corrected chi connectivity index (χ4v) is 0.948. The fraction of sp³-hybridized carbons (Fsp3) is 0.364. The molecule has 2 atom stereocenters. The predicted molar refractivity (Wildman–Crippen MR) is 59.3 cm³/mol. The summed E-state index contributed by atoms with van der Waals surface area (Å²) in [5, 5.41) is 29.0. The van der Waals surface area contributed by atoms with Gasteiger partial charge in [-0.15, -0.1) is 0 Å². The molecule has 0 aliphatic rings. The molecule has 0 spiro atoms. The third-order valence-corrected chi connectivity index (χ3v) is 1.76. The topological polar surface area (TPSA) is 113 Å². The Morgan fingerprint density at radius 2 is 2.24 bits per heavy atom. The van der Waals surface area contributed by atoms with Crippen molar-refractivity contribution in [1.82, 2.24) is 0 Å². The zero-order valence-corrected chi connectivity index (χ0v) is 8.94. The van der Waals surface area contributed by atoms with Crippen molar-refractivity contribution in [1.29, 1.82) is 0 Å². The van der Waals surface area contributed by atoms with Gasteiger partial charge in [0, 0.05) is 0 Å². The molecule has 1 aromatic rings. The quantitative estimate of drug-likeness (QED) is 0.440. The summed E-state index contributed by atoms with van der Waals surface area (Å²) in [5.41, 5.74) is 4.24. The molecule has 5 N–H and O–H groups in total. The fourth-order valence-electron chi connectivity index (χ4n) is 0.948. The highest BCUT2D eigenvalue weighted by molar-refractivity contribution is 5.76. The van der Waals surface area contributed by atoms with Crippen LogP contribution in [0, 0.1) is 0 Å². The van der Waals surface area contributed by atoms with Gasteiger partial charge in [-0.1, -0.05) is 6.04 Å². The number of phenolic OH excluding ortho intramolecular Hbond substituents is 2. The highest BCUT2D eigenvalue weighted by Crippen LogP contribution is 2.28. The second-order valence-corrected chi connectivity index (χ2v) is 2.93. The molecular formula is C11H15NO5. The van der Waals surface area contributed by atoms with Crippen molar-refractivity contribution in [3.05, 3.63) is 23.7 Å². The number of benzene rings is 1. The van der Waals surface area contributed by atoms with Gasteiger partial charge in [-0.25, -0.2) is 0 Å². The van der Waals surface area contributed by atoms with Crippen LogP contribution in [0.25, 0.3) is 0 Å². The van der Waals surface area contributed by atoms with E-state index in [-0.39, 0.29) is 6.61 Å². The van der Waals surface area contributed by atoms with E-state index in [1.54, 1.807) is 0 Å². The Labute approximate surface area is 105 Å². The molecule has 1 rings (SSSR count). The normalized spacial score (nSPS) is 21.9. The van der Waals surface area contributed by atoms with E-state index >= 15 is 0 Å². The first-order valence-electron chi connectivity index (χ1n) is 7.11. The minimum atomic E-state index is -3.38. The monoisotopic (exact) mass is 246 g/mol. The van der Waals surface area contributed by atoms with E-state index in [1.807, 2.05) is 0 Å². The van der Waals surface area contributed by atoms with Gasteiger partial charge >= 0.3 is 5.97 Å². The number of aliphatic hydroxyl groups is 1. The van der Waals surface area contributed by atoms with Gasteiger partial charge in [0.25, 0.3) is 0 Å². The standard InChI is InChI=1S/C11H15NO5/c1-2-17-11(16)9(12)10(15)6-3-4-7(13)8(14)5-6/h3-5,9-10,13-15H,2,12H2,1H3/t9-,10+/m0/s1/i3D,4D,5D,9D,10D. The zero-order valence-electron chi connectivity index (χ0n) is 13.9. The second-order valence-electron chi connectivity index (χ2n) is 2.93. The SMILES string of the molecule is [2H]c1c([2H])c([C@@]([2H])(O)[C@]([2H])(N)C(=O)OCC)c([2H])c(O)c1O. The number of esters is 1. The van der Waals surface area contributed by atoms with E-state index in [1.165, 1.54) is 6.92 Å². The van der Waals surface area contributed by atoms with Crippen LogP contribution < -0.4 is 5.73 Å². The Kier molecular flexibility index (Phi) is 2.44. The second kappa shape index (κ2) is 5.51. The van der Waals surface area contributed by atoms with Crippen molar-refractivity contribution in [2.75, 3.05) is 6.61 Å². The smallest absolute Gasteiger partial charge is 0.325 e. The van der Waals surface area contributed by atoms with Gasteiger partial charge in [-0.05, 0) is 24.6 Å². The zero-order chi connectivity index (χ0) is 17.5. The molecule has 1 aromatic carbocycles. The van der Waals surface area contributed by atoms with E-state index in [4.69, 9.17) is 12.6 Å². The summed E-state index contributed by atoms with van der Waals surface area (Å²) in [6.45, 7) is 1.20. The molecule has 0 aromatic heterocycles. The van der Waals surface area contributed by atoms with E-state index < -0.39 is 53.3 Å². The number of hydrogen-bond donors (Lipinski definition) is 4. The van der Waals surface area contributed by atoms with Crippen LogP contribution in [0.3, 0.4) is 0 Å². The number of nitrogens with two attached hydrogens (primary N) is 1. The number of rotatable bonds is 4. The molecule has 0 saturated carbocycles. The van der Waals surface area contributed by atoms with Crippen molar-refractivity contribution < 1.29 is 31.7 Å². The van der Waals surface area contributed by atoms with Gasteiger partial charge in [0.05, 0.1) is 13.5 Å². The summed E-state index contributed by atoms with van der Waals surface area (Å²) < 4.78 is 42.4. The molecule has 94 valence electrons. The summed E-state index contributed by atoms with van der Waals surface area (Å²) >= 11 is 0. The number of ether oxygens (including phenoxy) is 1. The Morgan fingerprint density at radius 3 is 2.82 bits per heavy atom. The molecule has 0 aliphatic heterocycles. The van der Waals surface area contributed by atoms with Crippen molar-refractivity contribution in [3.8, 4) is 11.5 Å². The maximum atomic E-state index is 11.6. The van der Waals surface area contributed by atoms with Crippen molar-refractivity contribution in [3.63, 3.8) is 0 Å². The highest BCUT2D eigenvalue weighted by Gasteiger charge is 2.25. The minimum Gasteiger partial charge on any atom is -0.504 e. The Hall–Kier alpha value is -1.79. The lowest BCUT2D eigenvalue weighted by atomic mass is 10.0. The summed E-state index contributed by atoms with van der Waals surface area (Å²) in [5.74, 6) is -3.77. The molecule has 17 heavy (non-hydrogen) atoms. The van der Waals surface area contributed by atoms with Crippen LogP contribution in [-0.2, 0) is 9.53 Å². The van der Waals surface area contributed by atoms with Crippen molar-refractivity contribution in [2.24, 2.45) is 5.73 Å². The molecule has 0 radical (unpaired) electrons. The van der Waals surface area contributed by atoms with Gasteiger partial charge in [0.15, 0.2) is 11.5 Å². The molecular weight excluding hydrogens is 226 g/mol. The third kappa shape index (κ3) is 3.08. The Bertz CT molecular complexity index is 590.